The van der Waals surface area contributed by atoms with E-state index in [4.69, 9.17) is 0 Å². The molecule has 2 aromatic rings. The molecule has 0 spiro atoms. The highest BCUT2D eigenvalue weighted by molar-refractivity contribution is 7.99. The molecule has 0 atom stereocenters. The van der Waals surface area contributed by atoms with E-state index in [-0.39, 0.29) is 5.91 Å². The van der Waals surface area contributed by atoms with Crippen LogP contribution in [0.4, 0.5) is 0 Å². The molecule has 1 saturated heterocycles. The molecule has 1 amide bonds. The van der Waals surface area contributed by atoms with Crippen LogP contribution >= 0.6 is 11.8 Å². The van der Waals surface area contributed by atoms with Gasteiger partial charge in [0.2, 0.25) is 0 Å². The van der Waals surface area contributed by atoms with Gasteiger partial charge in [0.25, 0.3) is 5.91 Å². The maximum atomic E-state index is 12.3. The van der Waals surface area contributed by atoms with Crippen molar-refractivity contribution >= 4 is 17.7 Å². The molecule has 134 valence electrons. The number of amides is 1. The lowest BCUT2D eigenvalue weighted by Gasteiger charge is -2.20. The van der Waals surface area contributed by atoms with E-state index in [0.29, 0.717) is 6.54 Å². The summed E-state index contributed by atoms with van der Waals surface area (Å²) < 4.78 is 0. The summed E-state index contributed by atoms with van der Waals surface area (Å²) in [5.41, 5.74) is 1.95. The second kappa shape index (κ2) is 9.58. The van der Waals surface area contributed by atoms with Crippen molar-refractivity contribution in [2.75, 3.05) is 25.4 Å². The third-order valence-electron chi connectivity index (χ3n) is 4.32. The highest BCUT2D eigenvalue weighted by Crippen LogP contribution is 2.15. The van der Waals surface area contributed by atoms with Crippen molar-refractivity contribution < 1.29 is 4.79 Å². The van der Waals surface area contributed by atoms with Gasteiger partial charge >= 0.3 is 0 Å². The van der Waals surface area contributed by atoms with Gasteiger partial charge in [-0.1, -0.05) is 25.0 Å². The van der Waals surface area contributed by atoms with E-state index in [1.54, 1.807) is 18.0 Å². The number of aromatic amines is 1. The van der Waals surface area contributed by atoms with Crippen LogP contribution in [0.1, 0.15) is 41.6 Å². The third-order valence-corrected chi connectivity index (χ3v) is 5.23. The van der Waals surface area contributed by atoms with E-state index in [9.17, 15) is 4.79 Å². The Morgan fingerprint density at radius 2 is 2.08 bits per heavy atom. The third kappa shape index (κ3) is 5.86. The van der Waals surface area contributed by atoms with Gasteiger partial charge in [0, 0.05) is 24.4 Å². The molecule has 1 aromatic heterocycles. The number of nitrogens with one attached hydrogen (secondary N) is 2. The lowest BCUT2D eigenvalue weighted by Crippen LogP contribution is -2.26. The molecule has 1 aliphatic rings. The van der Waals surface area contributed by atoms with E-state index in [2.05, 4.69) is 31.7 Å². The first kappa shape index (κ1) is 17.9. The van der Waals surface area contributed by atoms with Gasteiger partial charge in [0.1, 0.15) is 5.03 Å². The van der Waals surface area contributed by atoms with Crippen molar-refractivity contribution in [2.45, 2.75) is 37.3 Å². The smallest absolute Gasteiger partial charge is 0.251 e. The predicted molar refractivity (Wildman–Crippen MR) is 99.6 cm³/mol. The maximum Gasteiger partial charge on any atom is 0.251 e. The van der Waals surface area contributed by atoms with Crippen LogP contribution in [0.5, 0.6) is 0 Å². The highest BCUT2D eigenvalue weighted by atomic mass is 32.2. The second-order valence-corrected chi connectivity index (χ2v) is 7.42. The van der Waals surface area contributed by atoms with Gasteiger partial charge in [-0.05, 0) is 43.6 Å². The Labute approximate surface area is 152 Å². The number of thioether (sulfide) groups is 1. The van der Waals surface area contributed by atoms with Crippen molar-refractivity contribution in [3.63, 3.8) is 0 Å². The van der Waals surface area contributed by atoms with Crippen LogP contribution in [0, 0.1) is 0 Å². The van der Waals surface area contributed by atoms with E-state index < -0.39 is 0 Å². The molecule has 0 radical (unpaired) electrons. The summed E-state index contributed by atoms with van der Waals surface area (Å²) in [5.74, 6) is 0.754. The fourth-order valence-electron chi connectivity index (χ4n) is 3.05. The molecule has 2 heterocycles. The maximum absolute atomic E-state index is 12.3. The summed E-state index contributed by atoms with van der Waals surface area (Å²) in [6.45, 7) is 3.86. The Morgan fingerprint density at radius 3 is 2.84 bits per heavy atom. The SMILES string of the molecule is O=C(NCCSc1cn[nH]n1)c1cccc(CN2CCCCCC2)c1. The molecule has 0 saturated carbocycles. The minimum Gasteiger partial charge on any atom is -0.351 e. The number of hydrogen-bond acceptors (Lipinski definition) is 5. The molecule has 1 aliphatic heterocycles. The first-order chi connectivity index (χ1) is 12.3. The lowest BCUT2D eigenvalue weighted by atomic mass is 10.1. The Bertz CT molecular complexity index is 653. The van der Waals surface area contributed by atoms with Crippen LogP contribution in [0.2, 0.25) is 0 Å². The van der Waals surface area contributed by atoms with Gasteiger partial charge in [0.05, 0.1) is 6.20 Å². The zero-order chi connectivity index (χ0) is 17.3. The minimum atomic E-state index is -0.0153. The van der Waals surface area contributed by atoms with Crippen LogP contribution in [0.3, 0.4) is 0 Å². The average Bonchev–Trinajstić information content (AvgIpc) is 3.02. The Hall–Kier alpha value is -1.86. The number of H-pyrrole nitrogens is 1. The molecule has 6 nitrogen and oxygen atoms in total. The molecule has 0 aliphatic carbocycles. The van der Waals surface area contributed by atoms with Crippen molar-refractivity contribution in [2.24, 2.45) is 0 Å². The summed E-state index contributed by atoms with van der Waals surface area (Å²) in [6, 6.07) is 7.99. The first-order valence-electron chi connectivity index (χ1n) is 8.89. The summed E-state index contributed by atoms with van der Waals surface area (Å²) in [5, 5.41) is 14.1. The van der Waals surface area contributed by atoms with E-state index in [1.165, 1.54) is 31.2 Å². The number of carbonyl (C=O) groups excluding carboxylic acids is 1. The normalized spacial score (nSPS) is 15.7. The van der Waals surface area contributed by atoms with Crippen molar-refractivity contribution in [3.05, 3.63) is 41.6 Å². The summed E-state index contributed by atoms with van der Waals surface area (Å²) >= 11 is 1.57. The standard InChI is InChI=1S/C18H25N5OS/c24-18(19-8-11-25-17-13-20-22-21-17)16-7-5-6-15(12-16)14-23-9-3-1-2-4-10-23/h5-7,12-13H,1-4,8-11,14H2,(H,19,24)(H,20,21,22). The van der Waals surface area contributed by atoms with Crippen LogP contribution in [0.15, 0.2) is 35.5 Å². The summed E-state index contributed by atoms with van der Waals surface area (Å²) in [4.78, 5) is 14.8. The zero-order valence-corrected chi connectivity index (χ0v) is 15.2. The number of aromatic nitrogens is 3. The van der Waals surface area contributed by atoms with Gasteiger partial charge in [-0.15, -0.1) is 16.9 Å². The largest absolute Gasteiger partial charge is 0.351 e. The van der Waals surface area contributed by atoms with Gasteiger partial charge in [0.15, 0.2) is 0 Å². The zero-order valence-electron chi connectivity index (χ0n) is 14.4. The number of nitrogens with zero attached hydrogens (tertiary/aromatic N) is 3. The lowest BCUT2D eigenvalue weighted by molar-refractivity contribution is 0.0956. The van der Waals surface area contributed by atoms with Gasteiger partial charge in [-0.2, -0.15) is 10.3 Å². The van der Waals surface area contributed by atoms with E-state index >= 15 is 0 Å². The van der Waals surface area contributed by atoms with Gasteiger partial charge in [-0.25, -0.2) is 0 Å². The number of carbonyl (C=O) groups is 1. The van der Waals surface area contributed by atoms with Crippen LogP contribution < -0.4 is 5.32 Å². The summed E-state index contributed by atoms with van der Waals surface area (Å²) in [6.07, 6.45) is 6.92. The molecular weight excluding hydrogens is 334 g/mol. The van der Waals surface area contributed by atoms with Crippen molar-refractivity contribution in [1.29, 1.82) is 0 Å². The van der Waals surface area contributed by atoms with Crippen molar-refractivity contribution in [3.8, 4) is 0 Å². The Balaban J connectivity index is 1.47. The van der Waals surface area contributed by atoms with E-state index in [0.717, 1.165) is 36.0 Å². The monoisotopic (exact) mass is 359 g/mol. The van der Waals surface area contributed by atoms with Crippen molar-refractivity contribution in [1.82, 2.24) is 25.6 Å². The molecule has 25 heavy (non-hydrogen) atoms. The summed E-state index contributed by atoms with van der Waals surface area (Å²) in [7, 11) is 0. The molecular formula is C18H25N5OS. The molecule has 0 unspecified atom stereocenters. The highest BCUT2D eigenvalue weighted by Gasteiger charge is 2.11. The van der Waals surface area contributed by atoms with Gasteiger partial charge in [-0.3, -0.25) is 9.69 Å². The number of likely N-dealkylation sites (tertiary alicyclic amines) is 1. The number of hydrogen-bond donors (Lipinski definition) is 2. The molecule has 1 aromatic carbocycles. The Kier molecular flexibility index (Phi) is 6.88. The van der Waals surface area contributed by atoms with Crippen LogP contribution in [-0.2, 0) is 6.54 Å². The fourth-order valence-corrected chi connectivity index (χ4v) is 3.69. The topological polar surface area (TPSA) is 73.9 Å². The number of benzene rings is 1. The predicted octanol–water partition coefficient (Wildman–Crippen LogP) is 2.70. The first-order valence-corrected chi connectivity index (χ1v) is 9.88. The molecule has 7 heteroatoms. The molecule has 3 rings (SSSR count). The quantitative estimate of drug-likeness (QED) is 0.587. The fraction of sp³-hybridized carbons (Fsp3) is 0.500. The molecule has 0 bridgehead atoms. The Morgan fingerprint density at radius 1 is 1.24 bits per heavy atom. The minimum absolute atomic E-state index is 0.0153. The number of rotatable bonds is 7. The molecule has 2 N–H and O–H groups in total. The van der Waals surface area contributed by atoms with Crippen LogP contribution in [0.25, 0.3) is 0 Å². The second-order valence-electron chi connectivity index (χ2n) is 6.30. The van der Waals surface area contributed by atoms with Gasteiger partial charge < -0.3 is 5.32 Å². The van der Waals surface area contributed by atoms with Crippen LogP contribution in [-0.4, -0.2) is 51.6 Å². The van der Waals surface area contributed by atoms with E-state index in [1.807, 2.05) is 18.2 Å². The average molecular weight is 359 g/mol. The molecule has 1 fully saturated rings.